The normalized spacial score (nSPS) is 19.7. The van der Waals surface area contributed by atoms with Crippen LogP contribution in [0.1, 0.15) is 16.8 Å². The molecule has 0 radical (unpaired) electrons. The highest BCUT2D eigenvalue weighted by Gasteiger charge is 2.31. The Morgan fingerprint density at radius 2 is 2.41 bits per heavy atom. The Morgan fingerprint density at radius 1 is 1.65 bits per heavy atom. The third kappa shape index (κ3) is 2.31. The van der Waals surface area contributed by atoms with Crippen LogP contribution in [0.5, 0.6) is 0 Å². The van der Waals surface area contributed by atoms with Crippen LogP contribution >= 0.6 is 15.9 Å². The molecule has 0 bridgehead atoms. The zero-order valence-electron chi connectivity index (χ0n) is 8.97. The fraction of sp³-hybridized carbons (Fsp3) is 0.364. The van der Waals surface area contributed by atoms with E-state index in [1.807, 2.05) is 0 Å². The molecule has 1 N–H and O–H groups in total. The number of hydrogen-bond donors (Lipinski definition) is 1. The smallest absolute Gasteiger partial charge is 0.339 e. The lowest BCUT2D eigenvalue weighted by atomic mass is 10.1. The highest BCUT2D eigenvalue weighted by Crippen LogP contribution is 2.28. The minimum Gasteiger partial charge on any atom is -0.478 e. The first kappa shape index (κ1) is 12.0. The summed E-state index contributed by atoms with van der Waals surface area (Å²) in [6.45, 7) is 0.550. The van der Waals surface area contributed by atoms with E-state index in [0.29, 0.717) is 18.7 Å². The second-order valence-corrected chi connectivity index (χ2v) is 4.57. The molecule has 2 rings (SSSR count). The minimum absolute atomic E-state index is 0.0387. The van der Waals surface area contributed by atoms with Crippen LogP contribution < -0.4 is 4.90 Å². The van der Waals surface area contributed by atoms with Crippen molar-refractivity contribution < 1.29 is 14.7 Å². The number of nitrogens with zero attached hydrogens (tertiary/aromatic N) is 2. The number of hydrogen-bond acceptors (Lipinski definition) is 3. The molecule has 1 aliphatic heterocycles. The molecule has 1 unspecified atom stereocenters. The summed E-state index contributed by atoms with van der Waals surface area (Å²) in [6.07, 6.45) is 3.22. The van der Waals surface area contributed by atoms with Crippen molar-refractivity contribution in [3.63, 3.8) is 0 Å². The predicted molar refractivity (Wildman–Crippen MR) is 65.5 cm³/mol. The van der Waals surface area contributed by atoms with E-state index in [1.165, 1.54) is 17.3 Å². The number of anilines is 1. The molecule has 0 aromatic carbocycles. The molecule has 1 aromatic rings. The average molecular weight is 299 g/mol. The molecule has 17 heavy (non-hydrogen) atoms. The molecule has 1 aromatic heterocycles. The number of aromatic nitrogens is 1. The van der Waals surface area contributed by atoms with Gasteiger partial charge >= 0.3 is 5.97 Å². The van der Waals surface area contributed by atoms with Crippen molar-refractivity contribution in [2.75, 3.05) is 16.8 Å². The van der Waals surface area contributed by atoms with Crippen molar-refractivity contribution in [1.29, 1.82) is 0 Å². The van der Waals surface area contributed by atoms with Crippen LogP contribution in [0.2, 0.25) is 0 Å². The van der Waals surface area contributed by atoms with Crippen molar-refractivity contribution in [3.8, 4) is 0 Å². The molecular weight excluding hydrogens is 288 g/mol. The number of pyridine rings is 1. The second kappa shape index (κ2) is 4.83. The van der Waals surface area contributed by atoms with Gasteiger partial charge in [-0.25, -0.2) is 4.79 Å². The van der Waals surface area contributed by atoms with Gasteiger partial charge in [0.25, 0.3) is 0 Å². The van der Waals surface area contributed by atoms with E-state index in [9.17, 15) is 9.59 Å². The summed E-state index contributed by atoms with van der Waals surface area (Å²) < 4.78 is 0. The molecule has 1 saturated heterocycles. The molecule has 90 valence electrons. The fourth-order valence-corrected chi connectivity index (χ4v) is 2.34. The molecular formula is C11H11BrN2O3. The molecule has 1 atom stereocenters. The van der Waals surface area contributed by atoms with Crippen LogP contribution in [0.4, 0.5) is 5.69 Å². The molecule has 2 heterocycles. The average Bonchev–Trinajstić information content (AvgIpc) is 2.70. The molecule has 0 aliphatic carbocycles. The lowest BCUT2D eigenvalue weighted by Gasteiger charge is -2.18. The fourth-order valence-electron chi connectivity index (χ4n) is 1.91. The number of carbonyl (C=O) groups is 2. The van der Waals surface area contributed by atoms with E-state index in [0.717, 1.165) is 5.33 Å². The van der Waals surface area contributed by atoms with E-state index < -0.39 is 5.97 Å². The Bertz CT molecular complexity index is 464. The summed E-state index contributed by atoms with van der Waals surface area (Å²) in [7, 11) is 0. The lowest BCUT2D eigenvalue weighted by Crippen LogP contribution is -2.26. The topological polar surface area (TPSA) is 70.5 Å². The van der Waals surface area contributed by atoms with Gasteiger partial charge in [0.15, 0.2) is 0 Å². The molecule has 5 nitrogen and oxygen atoms in total. The van der Waals surface area contributed by atoms with Gasteiger partial charge in [0.2, 0.25) is 5.91 Å². The van der Waals surface area contributed by atoms with Crippen molar-refractivity contribution >= 4 is 33.5 Å². The Hall–Kier alpha value is -1.43. The van der Waals surface area contributed by atoms with Crippen molar-refractivity contribution in [2.24, 2.45) is 5.92 Å². The summed E-state index contributed by atoms with van der Waals surface area (Å²) in [5.41, 5.74) is 0.497. The highest BCUT2D eigenvalue weighted by atomic mass is 79.9. The molecule has 1 amide bonds. The van der Waals surface area contributed by atoms with Gasteiger partial charge in [-0.3, -0.25) is 9.78 Å². The Labute approximate surface area is 107 Å². The van der Waals surface area contributed by atoms with E-state index in [-0.39, 0.29) is 17.4 Å². The first-order chi connectivity index (χ1) is 8.13. The van der Waals surface area contributed by atoms with Gasteiger partial charge in [-0.15, -0.1) is 0 Å². The number of rotatable bonds is 3. The summed E-state index contributed by atoms with van der Waals surface area (Å²) in [4.78, 5) is 28.2. The molecule has 0 spiro atoms. The van der Waals surface area contributed by atoms with Gasteiger partial charge in [0.05, 0.1) is 5.69 Å². The SMILES string of the molecule is O=C(O)c1cnccc1N1CC(CBr)CC1=O. The molecule has 1 fully saturated rings. The Balaban J connectivity index is 2.35. The third-order valence-electron chi connectivity index (χ3n) is 2.74. The van der Waals surface area contributed by atoms with Gasteiger partial charge in [0, 0.05) is 30.7 Å². The standard InChI is InChI=1S/C11H11BrN2O3/c12-4-7-3-10(15)14(6-7)9-1-2-13-5-8(9)11(16)17/h1-2,5,7H,3-4,6H2,(H,16,17). The number of alkyl halides is 1. The van der Waals surface area contributed by atoms with E-state index >= 15 is 0 Å². The largest absolute Gasteiger partial charge is 0.478 e. The molecule has 1 aliphatic rings. The lowest BCUT2D eigenvalue weighted by molar-refractivity contribution is -0.117. The quantitative estimate of drug-likeness (QED) is 0.859. The Morgan fingerprint density at radius 3 is 3.00 bits per heavy atom. The third-order valence-corrected chi connectivity index (χ3v) is 3.66. The number of carboxylic acids is 1. The predicted octanol–water partition coefficient (Wildman–Crippen LogP) is 1.53. The first-order valence-electron chi connectivity index (χ1n) is 5.17. The van der Waals surface area contributed by atoms with Gasteiger partial charge < -0.3 is 10.0 Å². The number of aromatic carboxylic acids is 1. The van der Waals surface area contributed by atoms with Crippen molar-refractivity contribution in [3.05, 3.63) is 24.0 Å². The van der Waals surface area contributed by atoms with E-state index in [1.54, 1.807) is 6.07 Å². The summed E-state index contributed by atoms with van der Waals surface area (Å²) in [6, 6.07) is 1.57. The maximum absolute atomic E-state index is 11.8. The minimum atomic E-state index is -1.07. The summed E-state index contributed by atoms with van der Waals surface area (Å²) >= 11 is 3.34. The van der Waals surface area contributed by atoms with Crippen LogP contribution in [-0.2, 0) is 4.79 Å². The van der Waals surface area contributed by atoms with Crippen LogP contribution in [0.15, 0.2) is 18.5 Å². The number of carboxylic acid groups (broad SMARTS) is 1. The van der Waals surface area contributed by atoms with Crippen LogP contribution in [0.3, 0.4) is 0 Å². The van der Waals surface area contributed by atoms with Crippen LogP contribution in [0.25, 0.3) is 0 Å². The molecule has 6 heteroatoms. The van der Waals surface area contributed by atoms with Crippen molar-refractivity contribution in [1.82, 2.24) is 4.98 Å². The zero-order valence-corrected chi connectivity index (χ0v) is 10.6. The van der Waals surface area contributed by atoms with E-state index in [2.05, 4.69) is 20.9 Å². The zero-order chi connectivity index (χ0) is 12.4. The van der Waals surface area contributed by atoms with Gasteiger partial charge in [0.1, 0.15) is 5.56 Å². The van der Waals surface area contributed by atoms with Gasteiger partial charge in [-0.2, -0.15) is 0 Å². The van der Waals surface area contributed by atoms with Crippen molar-refractivity contribution in [2.45, 2.75) is 6.42 Å². The number of amides is 1. The number of halogens is 1. The summed E-state index contributed by atoms with van der Waals surface area (Å²) in [5.74, 6) is -0.872. The number of carbonyl (C=O) groups excluding carboxylic acids is 1. The second-order valence-electron chi connectivity index (χ2n) is 3.93. The molecule has 0 saturated carbocycles. The van der Waals surface area contributed by atoms with Gasteiger partial charge in [-0.1, -0.05) is 15.9 Å². The summed E-state index contributed by atoms with van der Waals surface area (Å²) in [5, 5.41) is 9.79. The van der Waals surface area contributed by atoms with Gasteiger partial charge in [-0.05, 0) is 12.0 Å². The monoisotopic (exact) mass is 298 g/mol. The Kier molecular flexibility index (Phi) is 3.42. The highest BCUT2D eigenvalue weighted by molar-refractivity contribution is 9.09. The van der Waals surface area contributed by atoms with Crippen LogP contribution in [0, 0.1) is 5.92 Å². The van der Waals surface area contributed by atoms with E-state index in [4.69, 9.17) is 5.11 Å². The first-order valence-corrected chi connectivity index (χ1v) is 6.29. The maximum atomic E-state index is 11.8. The van der Waals surface area contributed by atoms with Crippen LogP contribution in [-0.4, -0.2) is 33.8 Å². The maximum Gasteiger partial charge on any atom is 0.339 e.